The Kier molecular flexibility index (Phi) is 6.17. The molecule has 0 bridgehead atoms. The topological polar surface area (TPSA) is 79.5 Å². The van der Waals surface area contributed by atoms with E-state index in [1.165, 1.54) is 6.92 Å². The minimum atomic E-state index is -0.136. The van der Waals surface area contributed by atoms with Crippen LogP contribution in [-0.2, 0) is 4.79 Å². The molecule has 6 heteroatoms. The molecule has 6 nitrogen and oxygen atoms in total. The highest BCUT2D eigenvalue weighted by Crippen LogP contribution is 2.29. The average molecular weight is 410 g/mol. The fraction of sp³-hybridized carbons (Fsp3) is 0.417. The lowest BCUT2D eigenvalue weighted by atomic mass is 9.79. The van der Waals surface area contributed by atoms with Gasteiger partial charge < -0.3 is 20.7 Å². The summed E-state index contributed by atoms with van der Waals surface area (Å²) in [4.78, 5) is 23.9. The SMILES string of the molecule is CC(=O)Nc1cccc(Oc2ccc(C(=O)NC3CC(C)(C)NC(C)(C)C3)cc2)c1. The van der Waals surface area contributed by atoms with E-state index in [0.717, 1.165) is 12.8 Å². The van der Waals surface area contributed by atoms with Gasteiger partial charge in [0.1, 0.15) is 11.5 Å². The lowest BCUT2D eigenvalue weighted by Crippen LogP contribution is -2.62. The van der Waals surface area contributed by atoms with Crippen LogP contribution in [0.4, 0.5) is 5.69 Å². The smallest absolute Gasteiger partial charge is 0.251 e. The minimum absolute atomic E-state index is 0.0246. The van der Waals surface area contributed by atoms with Gasteiger partial charge in [0.15, 0.2) is 0 Å². The molecule has 3 N–H and O–H groups in total. The summed E-state index contributed by atoms with van der Waals surface area (Å²) in [6, 6.07) is 14.4. The average Bonchev–Trinajstić information content (AvgIpc) is 2.59. The Labute approximate surface area is 178 Å². The molecule has 30 heavy (non-hydrogen) atoms. The van der Waals surface area contributed by atoms with E-state index in [1.807, 2.05) is 12.1 Å². The number of carbonyl (C=O) groups is 2. The zero-order chi connectivity index (χ0) is 21.9. The second-order valence-corrected chi connectivity index (χ2v) is 9.31. The minimum Gasteiger partial charge on any atom is -0.457 e. The van der Waals surface area contributed by atoms with Crippen LogP contribution in [-0.4, -0.2) is 28.9 Å². The molecule has 2 aromatic carbocycles. The number of amides is 2. The van der Waals surface area contributed by atoms with E-state index in [-0.39, 0.29) is 28.9 Å². The summed E-state index contributed by atoms with van der Waals surface area (Å²) < 4.78 is 5.85. The first-order valence-corrected chi connectivity index (χ1v) is 10.3. The van der Waals surface area contributed by atoms with Crippen LogP contribution in [0.2, 0.25) is 0 Å². The molecule has 1 aliphatic rings. The summed E-state index contributed by atoms with van der Waals surface area (Å²) in [5, 5.41) is 9.54. The number of piperidine rings is 1. The molecule has 3 rings (SSSR count). The molecule has 0 unspecified atom stereocenters. The van der Waals surface area contributed by atoms with Crippen molar-refractivity contribution in [3.05, 3.63) is 54.1 Å². The maximum Gasteiger partial charge on any atom is 0.251 e. The molecule has 0 spiro atoms. The number of rotatable bonds is 5. The standard InChI is InChI=1S/C24H31N3O3/c1-16(28)25-18-7-6-8-21(13-18)30-20-11-9-17(10-12-20)22(29)26-19-14-23(2,3)27-24(4,5)15-19/h6-13,19,27H,14-15H2,1-5H3,(H,25,28)(H,26,29). The van der Waals surface area contributed by atoms with Crippen molar-refractivity contribution in [2.45, 2.75) is 64.6 Å². The van der Waals surface area contributed by atoms with E-state index < -0.39 is 0 Å². The molecular weight excluding hydrogens is 378 g/mol. The third-order valence-electron chi connectivity index (χ3n) is 5.03. The number of hydrogen-bond donors (Lipinski definition) is 3. The zero-order valence-corrected chi connectivity index (χ0v) is 18.3. The first kappa shape index (κ1) is 21.8. The molecule has 160 valence electrons. The summed E-state index contributed by atoms with van der Waals surface area (Å²) in [7, 11) is 0. The zero-order valence-electron chi connectivity index (χ0n) is 18.3. The third kappa shape index (κ3) is 6.07. The normalized spacial score (nSPS) is 17.8. The number of anilines is 1. The Bertz CT molecular complexity index is 904. The van der Waals surface area contributed by atoms with Crippen molar-refractivity contribution in [2.75, 3.05) is 5.32 Å². The van der Waals surface area contributed by atoms with Crippen molar-refractivity contribution in [1.29, 1.82) is 0 Å². The lowest BCUT2D eigenvalue weighted by Gasteiger charge is -2.46. The van der Waals surface area contributed by atoms with Crippen LogP contribution >= 0.6 is 0 Å². The van der Waals surface area contributed by atoms with Gasteiger partial charge in [0.05, 0.1) is 0 Å². The van der Waals surface area contributed by atoms with E-state index in [0.29, 0.717) is 22.7 Å². The van der Waals surface area contributed by atoms with Crippen LogP contribution in [0.5, 0.6) is 11.5 Å². The van der Waals surface area contributed by atoms with Gasteiger partial charge in [-0.15, -0.1) is 0 Å². The molecule has 0 aromatic heterocycles. The Hall–Kier alpha value is -2.86. The summed E-state index contributed by atoms with van der Waals surface area (Å²) in [5.41, 5.74) is 1.22. The summed E-state index contributed by atoms with van der Waals surface area (Å²) >= 11 is 0. The molecule has 1 saturated heterocycles. The predicted octanol–water partition coefficient (Wildman–Crippen LogP) is 4.48. The van der Waals surface area contributed by atoms with E-state index in [4.69, 9.17) is 4.74 Å². The Morgan fingerprint density at radius 2 is 1.60 bits per heavy atom. The van der Waals surface area contributed by atoms with Gasteiger partial charge >= 0.3 is 0 Å². The molecule has 2 aromatic rings. The highest BCUT2D eigenvalue weighted by Gasteiger charge is 2.38. The van der Waals surface area contributed by atoms with Gasteiger partial charge in [0.2, 0.25) is 5.91 Å². The molecule has 1 fully saturated rings. The van der Waals surface area contributed by atoms with Gasteiger partial charge in [0.25, 0.3) is 5.91 Å². The van der Waals surface area contributed by atoms with E-state index >= 15 is 0 Å². The van der Waals surface area contributed by atoms with Gasteiger partial charge in [-0.05, 0) is 76.9 Å². The van der Waals surface area contributed by atoms with E-state index in [2.05, 4.69) is 43.6 Å². The van der Waals surface area contributed by atoms with Gasteiger partial charge in [0, 0.05) is 41.4 Å². The Morgan fingerprint density at radius 1 is 0.967 bits per heavy atom. The van der Waals surface area contributed by atoms with Gasteiger partial charge in [-0.25, -0.2) is 0 Å². The van der Waals surface area contributed by atoms with E-state index in [9.17, 15) is 9.59 Å². The number of carbonyl (C=O) groups excluding carboxylic acids is 2. The van der Waals surface area contributed by atoms with Crippen LogP contribution in [0.15, 0.2) is 48.5 Å². The Balaban J connectivity index is 1.63. The molecule has 1 heterocycles. The van der Waals surface area contributed by atoms with Gasteiger partial charge in [-0.1, -0.05) is 6.07 Å². The number of ether oxygens (including phenoxy) is 1. The van der Waals surface area contributed by atoms with Crippen molar-refractivity contribution in [3.63, 3.8) is 0 Å². The van der Waals surface area contributed by atoms with Crippen LogP contribution in [0.3, 0.4) is 0 Å². The molecule has 0 atom stereocenters. The monoisotopic (exact) mass is 409 g/mol. The lowest BCUT2D eigenvalue weighted by molar-refractivity contribution is -0.114. The summed E-state index contributed by atoms with van der Waals surface area (Å²) in [5.74, 6) is 1.02. The molecule has 0 radical (unpaired) electrons. The Morgan fingerprint density at radius 3 is 2.20 bits per heavy atom. The van der Waals surface area contributed by atoms with Crippen LogP contribution in [0.25, 0.3) is 0 Å². The fourth-order valence-electron chi connectivity index (χ4n) is 4.34. The quantitative estimate of drug-likeness (QED) is 0.680. The first-order chi connectivity index (χ1) is 14.0. The molecular formula is C24H31N3O3. The maximum absolute atomic E-state index is 12.7. The number of hydrogen-bond acceptors (Lipinski definition) is 4. The van der Waals surface area contributed by atoms with Crippen LogP contribution in [0.1, 0.15) is 57.8 Å². The van der Waals surface area contributed by atoms with Crippen molar-refractivity contribution in [3.8, 4) is 11.5 Å². The number of nitrogens with one attached hydrogen (secondary N) is 3. The van der Waals surface area contributed by atoms with Crippen LogP contribution < -0.4 is 20.7 Å². The molecule has 1 aliphatic heterocycles. The van der Waals surface area contributed by atoms with Gasteiger partial charge in [-0.2, -0.15) is 0 Å². The molecule has 0 saturated carbocycles. The van der Waals surface area contributed by atoms with Crippen molar-refractivity contribution < 1.29 is 14.3 Å². The number of benzene rings is 2. The largest absolute Gasteiger partial charge is 0.457 e. The van der Waals surface area contributed by atoms with Crippen molar-refractivity contribution in [1.82, 2.24) is 10.6 Å². The second-order valence-electron chi connectivity index (χ2n) is 9.31. The molecule has 0 aliphatic carbocycles. The summed E-state index contributed by atoms with van der Waals surface area (Å²) in [6.45, 7) is 10.1. The van der Waals surface area contributed by atoms with Gasteiger partial charge in [-0.3, -0.25) is 9.59 Å². The van der Waals surface area contributed by atoms with Crippen molar-refractivity contribution >= 4 is 17.5 Å². The molecule has 2 amide bonds. The highest BCUT2D eigenvalue weighted by atomic mass is 16.5. The van der Waals surface area contributed by atoms with Crippen LogP contribution in [0, 0.1) is 0 Å². The van der Waals surface area contributed by atoms with Crippen molar-refractivity contribution in [2.24, 2.45) is 0 Å². The second kappa shape index (κ2) is 8.48. The fourth-order valence-corrected chi connectivity index (χ4v) is 4.34. The highest BCUT2D eigenvalue weighted by molar-refractivity contribution is 5.94. The summed E-state index contributed by atoms with van der Waals surface area (Å²) in [6.07, 6.45) is 1.77. The predicted molar refractivity (Wildman–Crippen MR) is 119 cm³/mol. The third-order valence-corrected chi connectivity index (χ3v) is 5.03. The first-order valence-electron chi connectivity index (χ1n) is 10.3. The van der Waals surface area contributed by atoms with E-state index in [1.54, 1.807) is 36.4 Å². The maximum atomic E-state index is 12.7.